The van der Waals surface area contributed by atoms with Gasteiger partial charge in [-0.15, -0.1) is 0 Å². The zero-order valence-electron chi connectivity index (χ0n) is 8.71. The number of fused-ring (bicyclic) bond motifs is 1. The molecule has 0 aliphatic heterocycles. The Bertz CT molecular complexity index is 323. The Morgan fingerprint density at radius 2 is 1.79 bits per heavy atom. The molecule has 0 aromatic heterocycles. The highest BCUT2D eigenvalue weighted by Crippen LogP contribution is 2.45. The highest BCUT2D eigenvalue weighted by molar-refractivity contribution is 5.33. The normalized spacial score (nSPS) is 26.7. The Hall–Kier alpha value is -0.780. The third kappa shape index (κ3) is 1.28. The molecule has 0 spiro atoms. The minimum Gasteiger partial charge on any atom is -0.0620 e. The number of rotatable bonds is 1. The van der Waals surface area contributed by atoms with E-state index in [1.54, 1.807) is 11.1 Å². The summed E-state index contributed by atoms with van der Waals surface area (Å²) in [4.78, 5) is 0. The van der Waals surface area contributed by atoms with Crippen LogP contribution in [0, 0.1) is 5.92 Å². The first kappa shape index (κ1) is 8.52. The summed E-state index contributed by atoms with van der Waals surface area (Å²) in [5, 5.41) is 0. The van der Waals surface area contributed by atoms with Gasteiger partial charge in [-0.1, -0.05) is 30.7 Å². The molecule has 0 N–H and O–H groups in total. The van der Waals surface area contributed by atoms with Crippen molar-refractivity contribution < 1.29 is 0 Å². The van der Waals surface area contributed by atoms with Crippen LogP contribution in [-0.4, -0.2) is 0 Å². The van der Waals surface area contributed by atoms with E-state index >= 15 is 0 Å². The first-order chi connectivity index (χ1) is 6.95. The summed E-state index contributed by atoms with van der Waals surface area (Å²) in [6.07, 6.45) is 8.63. The van der Waals surface area contributed by atoms with Gasteiger partial charge in [0.05, 0.1) is 0 Å². The summed E-state index contributed by atoms with van der Waals surface area (Å²) >= 11 is 0. The fourth-order valence-corrected chi connectivity index (χ4v) is 3.12. The van der Waals surface area contributed by atoms with Gasteiger partial charge >= 0.3 is 0 Å². The van der Waals surface area contributed by atoms with E-state index < -0.39 is 0 Å². The zero-order valence-corrected chi connectivity index (χ0v) is 8.71. The van der Waals surface area contributed by atoms with E-state index in [9.17, 15) is 0 Å². The molecule has 1 aromatic rings. The van der Waals surface area contributed by atoms with Crippen molar-refractivity contribution in [2.24, 2.45) is 5.92 Å². The maximum absolute atomic E-state index is 2.37. The van der Waals surface area contributed by atoms with E-state index in [0.29, 0.717) is 0 Å². The predicted molar refractivity (Wildman–Crippen MR) is 59.5 cm³/mol. The van der Waals surface area contributed by atoms with Crippen molar-refractivity contribution in [1.82, 2.24) is 0 Å². The van der Waals surface area contributed by atoms with Crippen LogP contribution in [0.4, 0.5) is 0 Å². The molecule has 1 aromatic carbocycles. The first-order valence-corrected chi connectivity index (χ1v) is 6.03. The summed E-state index contributed by atoms with van der Waals surface area (Å²) in [5.74, 6) is 1.94. The molecule has 0 nitrogen and oxygen atoms in total. The van der Waals surface area contributed by atoms with E-state index in [1.165, 1.54) is 38.5 Å². The minimum atomic E-state index is 0.911. The van der Waals surface area contributed by atoms with E-state index in [1.807, 2.05) is 0 Å². The van der Waals surface area contributed by atoms with Crippen LogP contribution in [0.15, 0.2) is 24.3 Å². The molecular weight excluding hydrogens is 168 g/mol. The number of benzene rings is 1. The topological polar surface area (TPSA) is 0 Å². The zero-order chi connectivity index (χ0) is 9.38. The van der Waals surface area contributed by atoms with Gasteiger partial charge in [-0.25, -0.2) is 0 Å². The molecule has 1 unspecified atom stereocenters. The maximum atomic E-state index is 2.37. The van der Waals surface area contributed by atoms with E-state index in [0.717, 1.165) is 11.8 Å². The monoisotopic (exact) mass is 186 g/mol. The Kier molecular flexibility index (Phi) is 2.08. The second-order valence-corrected chi connectivity index (χ2v) is 4.89. The highest BCUT2D eigenvalue weighted by Gasteiger charge is 2.31. The van der Waals surface area contributed by atoms with E-state index in [4.69, 9.17) is 0 Å². The van der Waals surface area contributed by atoms with Gasteiger partial charge in [0.25, 0.3) is 0 Å². The smallest absolute Gasteiger partial charge is 0.0131 e. The van der Waals surface area contributed by atoms with Crippen LogP contribution >= 0.6 is 0 Å². The quantitative estimate of drug-likeness (QED) is 0.624. The Morgan fingerprint density at radius 3 is 2.57 bits per heavy atom. The molecule has 1 fully saturated rings. The van der Waals surface area contributed by atoms with Gasteiger partial charge in [0.15, 0.2) is 0 Å². The van der Waals surface area contributed by atoms with Crippen molar-refractivity contribution in [1.29, 1.82) is 0 Å². The van der Waals surface area contributed by atoms with Crippen LogP contribution in [0.3, 0.4) is 0 Å². The third-order valence-electron chi connectivity index (χ3n) is 4.13. The van der Waals surface area contributed by atoms with Gasteiger partial charge in [0.1, 0.15) is 0 Å². The predicted octanol–water partition coefficient (Wildman–Crippen LogP) is 3.91. The second kappa shape index (κ2) is 3.42. The Balaban J connectivity index is 1.93. The fourth-order valence-electron chi connectivity index (χ4n) is 3.12. The highest BCUT2D eigenvalue weighted by atomic mass is 14.4. The molecular formula is C14H18. The standard InChI is InChI=1S/C14H18/c1-2-9-13-11(5-1)8-4-10-14(13)12-6-3-7-12/h1-2,5,9,12,14H,3-4,6-8,10H2. The van der Waals surface area contributed by atoms with Gasteiger partial charge in [-0.05, 0) is 55.1 Å². The number of hydrogen-bond donors (Lipinski definition) is 0. The average Bonchev–Trinajstić information content (AvgIpc) is 2.16. The van der Waals surface area contributed by atoms with Gasteiger partial charge in [-0.2, -0.15) is 0 Å². The molecule has 0 bridgehead atoms. The summed E-state index contributed by atoms with van der Waals surface area (Å²) in [5.41, 5.74) is 3.32. The first-order valence-electron chi connectivity index (χ1n) is 6.03. The molecule has 0 radical (unpaired) electrons. The molecule has 0 saturated heterocycles. The molecule has 1 saturated carbocycles. The third-order valence-corrected chi connectivity index (χ3v) is 4.13. The lowest BCUT2D eigenvalue weighted by atomic mass is 9.68. The van der Waals surface area contributed by atoms with Gasteiger partial charge in [-0.3, -0.25) is 0 Å². The lowest BCUT2D eigenvalue weighted by Crippen LogP contribution is -2.23. The van der Waals surface area contributed by atoms with Crippen LogP contribution < -0.4 is 0 Å². The lowest BCUT2D eigenvalue weighted by Gasteiger charge is -2.37. The van der Waals surface area contributed by atoms with Crippen LogP contribution in [0.25, 0.3) is 0 Å². The lowest BCUT2D eigenvalue weighted by molar-refractivity contribution is 0.242. The van der Waals surface area contributed by atoms with Gasteiger partial charge in [0, 0.05) is 0 Å². The summed E-state index contributed by atoms with van der Waals surface area (Å²) in [7, 11) is 0. The van der Waals surface area contributed by atoms with Crippen LogP contribution in [0.2, 0.25) is 0 Å². The molecule has 0 heteroatoms. The number of hydrogen-bond acceptors (Lipinski definition) is 0. The fraction of sp³-hybridized carbons (Fsp3) is 0.571. The van der Waals surface area contributed by atoms with Crippen LogP contribution in [0.5, 0.6) is 0 Å². The molecule has 14 heavy (non-hydrogen) atoms. The SMILES string of the molecule is c1ccc2c(c1)CCCC2C1CCC1. The molecule has 0 heterocycles. The van der Waals surface area contributed by atoms with Crippen molar-refractivity contribution >= 4 is 0 Å². The Morgan fingerprint density at radius 1 is 0.929 bits per heavy atom. The van der Waals surface area contributed by atoms with Crippen molar-refractivity contribution in [3.63, 3.8) is 0 Å². The van der Waals surface area contributed by atoms with Crippen molar-refractivity contribution in [3.05, 3.63) is 35.4 Å². The van der Waals surface area contributed by atoms with Gasteiger partial charge in [0.2, 0.25) is 0 Å². The molecule has 0 amide bonds. The average molecular weight is 186 g/mol. The molecule has 2 aliphatic carbocycles. The van der Waals surface area contributed by atoms with Crippen LogP contribution in [0.1, 0.15) is 49.1 Å². The van der Waals surface area contributed by atoms with Crippen molar-refractivity contribution in [3.8, 4) is 0 Å². The minimum absolute atomic E-state index is 0.911. The molecule has 74 valence electrons. The molecule has 1 atom stereocenters. The summed E-state index contributed by atoms with van der Waals surface area (Å²) < 4.78 is 0. The summed E-state index contributed by atoms with van der Waals surface area (Å²) in [6, 6.07) is 9.12. The molecule has 3 rings (SSSR count). The van der Waals surface area contributed by atoms with Gasteiger partial charge < -0.3 is 0 Å². The van der Waals surface area contributed by atoms with Crippen LogP contribution in [-0.2, 0) is 6.42 Å². The van der Waals surface area contributed by atoms with Crippen molar-refractivity contribution in [2.75, 3.05) is 0 Å². The maximum Gasteiger partial charge on any atom is -0.0131 e. The second-order valence-electron chi connectivity index (χ2n) is 4.89. The number of aryl methyl sites for hydroxylation is 1. The largest absolute Gasteiger partial charge is 0.0620 e. The van der Waals surface area contributed by atoms with E-state index in [-0.39, 0.29) is 0 Å². The molecule has 2 aliphatic rings. The van der Waals surface area contributed by atoms with E-state index in [2.05, 4.69) is 24.3 Å². The van der Waals surface area contributed by atoms with Crippen molar-refractivity contribution in [2.45, 2.75) is 44.4 Å². The Labute approximate surface area is 86.3 Å². The summed E-state index contributed by atoms with van der Waals surface area (Å²) in [6.45, 7) is 0.